The Hall–Kier alpha value is -2.74. The van der Waals surface area contributed by atoms with Gasteiger partial charge in [0.15, 0.2) is 5.65 Å². The SMILES string of the molecule is Cc1cc(C)n2nc(C)c(C(=O)NC[C@H]3CCO[C@@H]3c3cn[nH]c3)c2n1. The minimum atomic E-state index is -0.146. The standard InChI is InChI=1S/C18H22N6O2/c1-10-6-11(2)24-17(22-10)15(12(3)23-24)18(25)19-7-13-4-5-26-16(13)14-8-20-21-9-14/h6,8-9,13,16H,4-5,7H2,1-3H3,(H,19,25)(H,20,21)/t13-,16+/m1/s1. The molecule has 0 radical (unpaired) electrons. The van der Waals surface area contributed by atoms with Crippen LogP contribution in [0.15, 0.2) is 18.5 Å². The summed E-state index contributed by atoms with van der Waals surface area (Å²) in [6, 6.07) is 1.95. The number of fused-ring (bicyclic) bond motifs is 1. The molecule has 1 aliphatic rings. The van der Waals surface area contributed by atoms with Crippen molar-refractivity contribution in [3.63, 3.8) is 0 Å². The van der Waals surface area contributed by atoms with E-state index in [4.69, 9.17) is 4.74 Å². The fourth-order valence-electron chi connectivity index (χ4n) is 3.63. The molecule has 0 aromatic carbocycles. The van der Waals surface area contributed by atoms with Crippen molar-refractivity contribution in [1.29, 1.82) is 0 Å². The van der Waals surface area contributed by atoms with Crippen molar-refractivity contribution < 1.29 is 9.53 Å². The second kappa shape index (κ2) is 6.53. The lowest BCUT2D eigenvalue weighted by Crippen LogP contribution is -2.31. The van der Waals surface area contributed by atoms with Crippen molar-refractivity contribution >= 4 is 11.6 Å². The minimum absolute atomic E-state index is 0.0401. The van der Waals surface area contributed by atoms with Crippen LogP contribution < -0.4 is 5.32 Å². The van der Waals surface area contributed by atoms with Crippen LogP contribution >= 0.6 is 0 Å². The van der Waals surface area contributed by atoms with Crippen molar-refractivity contribution in [3.05, 3.63) is 46.7 Å². The number of nitrogens with zero attached hydrogens (tertiary/aromatic N) is 4. The second-order valence-corrected chi connectivity index (χ2v) is 6.82. The predicted octanol–water partition coefficient (Wildman–Crippen LogP) is 1.89. The largest absolute Gasteiger partial charge is 0.373 e. The highest BCUT2D eigenvalue weighted by Crippen LogP contribution is 2.33. The van der Waals surface area contributed by atoms with Gasteiger partial charge in [0.1, 0.15) is 5.56 Å². The Morgan fingerprint density at radius 1 is 1.42 bits per heavy atom. The van der Waals surface area contributed by atoms with Gasteiger partial charge in [0, 0.05) is 42.2 Å². The summed E-state index contributed by atoms with van der Waals surface area (Å²) in [5.74, 6) is 0.0722. The third-order valence-electron chi connectivity index (χ3n) is 4.88. The lowest BCUT2D eigenvalue weighted by molar-refractivity contribution is 0.0847. The molecule has 8 heteroatoms. The highest BCUT2D eigenvalue weighted by Gasteiger charge is 2.31. The van der Waals surface area contributed by atoms with Crippen LogP contribution in [-0.2, 0) is 4.74 Å². The number of aromatic nitrogens is 5. The number of hydrogen-bond donors (Lipinski definition) is 2. The van der Waals surface area contributed by atoms with Crippen LogP contribution in [0.25, 0.3) is 5.65 Å². The Labute approximate surface area is 151 Å². The van der Waals surface area contributed by atoms with Gasteiger partial charge in [-0.15, -0.1) is 0 Å². The lowest BCUT2D eigenvalue weighted by atomic mass is 9.97. The van der Waals surface area contributed by atoms with Crippen LogP contribution in [-0.4, -0.2) is 43.9 Å². The van der Waals surface area contributed by atoms with Crippen LogP contribution in [0.3, 0.4) is 0 Å². The monoisotopic (exact) mass is 354 g/mol. The molecular weight excluding hydrogens is 332 g/mol. The molecule has 8 nitrogen and oxygen atoms in total. The minimum Gasteiger partial charge on any atom is -0.373 e. The van der Waals surface area contributed by atoms with E-state index in [0.717, 1.165) is 23.4 Å². The van der Waals surface area contributed by atoms with Crippen LogP contribution in [0.4, 0.5) is 0 Å². The summed E-state index contributed by atoms with van der Waals surface area (Å²) in [4.78, 5) is 17.4. The van der Waals surface area contributed by atoms with Gasteiger partial charge in [-0.2, -0.15) is 10.2 Å². The van der Waals surface area contributed by atoms with Gasteiger partial charge >= 0.3 is 0 Å². The first-order valence-corrected chi connectivity index (χ1v) is 8.76. The molecule has 0 saturated carbocycles. The van der Waals surface area contributed by atoms with E-state index in [9.17, 15) is 4.79 Å². The molecule has 1 fully saturated rings. The maximum absolute atomic E-state index is 12.8. The first kappa shape index (κ1) is 16.7. The Bertz CT molecular complexity index is 946. The molecule has 3 aromatic heterocycles. The van der Waals surface area contributed by atoms with E-state index in [2.05, 4.69) is 25.6 Å². The summed E-state index contributed by atoms with van der Waals surface area (Å²) < 4.78 is 7.54. The highest BCUT2D eigenvalue weighted by atomic mass is 16.5. The first-order valence-electron chi connectivity index (χ1n) is 8.76. The molecule has 1 amide bonds. The summed E-state index contributed by atoms with van der Waals surface area (Å²) in [6.07, 6.45) is 4.48. The Morgan fingerprint density at radius 2 is 2.27 bits per heavy atom. The van der Waals surface area contributed by atoms with E-state index in [1.54, 1.807) is 10.7 Å². The molecule has 1 saturated heterocycles. The van der Waals surface area contributed by atoms with Gasteiger partial charge in [-0.25, -0.2) is 9.50 Å². The molecule has 0 bridgehead atoms. The van der Waals surface area contributed by atoms with E-state index < -0.39 is 0 Å². The van der Waals surface area contributed by atoms with E-state index in [0.29, 0.717) is 30.1 Å². The Kier molecular flexibility index (Phi) is 4.20. The van der Waals surface area contributed by atoms with Gasteiger partial charge in [-0.05, 0) is 33.3 Å². The first-order chi connectivity index (χ1) is 12.5. The number of carbonyl (C=O) groups excluding carboxylic acids is 1. The molecule has 4 heterocycles. The number of rotatable bonds is 4. The summed E-state index contributed by atoms with van der Waals surface area (Å²) in [6.45, 7) is 6.94. The summed E-state index contributed by atoms with van der Waals surface area (Å²) in [5, 5.41) is 14.3. The zero-order chi connectivity index (χ0) is 18.3. The van der Waals surface area contributed by atoms with Crippen LogP contribution in [0.1, 0.15) is 45.5 Å². The normalized spacial score (nSPS) is 20.0. The molecule has 2 N–H and O–H groups in total. The smallest absolute Gasteiger partial charge is 0.257 e. The van der Waals surface area contributed by atoms with Crippen molar-refractivity contribution in [2.75, 3.05) is 13.2 Å². The number of aryl methyl sites for hydroxylation is 3. The summed E-state index contributed by atoms with van der Waals surface area (Å²) in [5.41, 5.74) is 4.66. The van der Waals surface area contributed by atoms with Crippen LogP contribution in [0.2, 0.25) is 0 Å². The van der Waals surface area contributed by atoms with E-state index >= 15 is 0 Å². The number of aromatic amines is 1. The number of H-pyrrole nitrogens is 1. The summed E-state index contributed by atoms with van der Waals surface area (Å²) >= 11 is 0. The average Bonchev–Trinajstić information content (AvgIpc) is 3.31. The zero-order valence-electron chi connectivity index (χ0n) is 15.1. The Balaban J connectivity index is 1.54. The van der Waals surface area contributed by atoms with E-state index in [1.165, 1.54) is 0 Å². The maximum atomic E-state index is 12.8. The lowest BCUT2D eigenvalue weighted by Gasteiger charge is -2.17. The summed E-state index contributed by atoms with van der Waals surface area (Å²) in [7, 11) is 0. The van der Waals surface area contributed by atoms with Crippen molar-refractivity contribution in [2.24, 2.45) is 5.92 Å². The van der Waals surface area contributed by atoms with Crippen LogP contribution in [0, 0.1) is 26.7 Å². The number of hydrogen-bond acceptors (Lipinski definition) is 5. The van der Waals surface area contributed by atoms with Gasteiger partial charge in [0.25, 0.3) is 5.91 Å². The molecule has 0 spiro atoms. The fraction of sp³-hybridized carbons (Fsp3) is 0.444. The molecule has 4 rings (SSSR count). The van der Waals surface area contributed by atoms with Gasteiger partial charge in [-0.1, -0.05) is 0 Å². The van der Waals surface area contributed by atoms with Crippen molar-refractivity contribution in [2.45, 2.75) is 33.3 Å². The van der Waals surface area contributed by atoms with Crippen molar-refractivity contribution in [1.82, 2.24) is 30.1 Å². The fourth-order valence-corrected chi connectivity index (χ4v) is 3.63. The van der Waals surface area contributed by atoms with E-state index in [1.807, 2.05) is 33.0 Å². The van der Waals surface area contributed by atoms with Crippen LogP contribution in [0.5, 0.6) is 0 Å². The molecule has 26 heavy (non-hydrogen) atoms. The number of nitrogens with one attached hydrogen (secondary N) is 2. The van der Waals surface area contributed by atoms with E-state index in [-0.39, 0.29) is 17.9 Å². The Morgan fingerprint density at radius 3 is 3.04 bits per heavy atom. The number of amides is 1. The van der Waals surface area contributed by atoms with Gasteiger partial charge in [0.05, 0.1) is 18.0 Å². The zero-order valence-corrected chi connectivity index (χ0v) is 15.1. The van der Waals surface area contributed by atoms with Gasteiger partial charge in [0.2, 0.25) is 0 Å². The molecular formula is C18H22N6O2. The molecule has 1 aliphatic heterocycles. The second-order valence-electron chi connectivity index (χ2n) is 6.82. The number of ether oxygens (including phenoxy) is 1. The molecule has 2 atom stereocenters. The van der Waals surface area contributed by atoms with Gasteiger partial charge < -0.3 is 10.1 Å². The third kappa shape index (κ3) is 2.86. The van der Waals surface area contributed by atoms with Crippen molar-refractivity contribution in [3.8, 4) is 0 Å². The average molecular weight is 354 g/mol. The highest BCUT2D eigenvalue weighted by molar-refractivity contribution is 6.01. The predicted molar refractivity (Wildman–Crippen MR) is 94.9 cm³/mol. The quantitative estimate of drug-likeness (QED) is 0.746. The third-order valence-corrected chi connectivity index (χ3v) is 4.88. The molecule has 136 valence electrons. The molecule has 0 aliphatic carbocycles. The maximum Gasteiger partial charge on any atom is 0.257 e. The molecule has 0 unspecified atom stereocenters. The topological polar surface area (TPSA) is 97.2 Å². The van der Waals surface area contributed by atoms with Gasteiger partial charge in [-0.3, -0.25) is 9.89 Å². The molecule has 3 aromatic rings. The number of carbonyl (C=O) groups is 1.